The Morgan fingerprint density at radius 1 is 1.40 bits per heavy atom. The van der Waals surface area contributed by atoms with Gasteiger partial charge in [-0.1, -0.05) is 31.5 Å². The van der Waals surface area contributed by atoms with Crippen molar-refractivity contribution >= 4 is 33.8 Å². The molecule has 0 bridgehead atoms. The standard InChI is InChI=1S/C19H21ClFN3O4S.K/c1-12-11-24(29(27,28)17-6-14(7-17)19(25)26)5-4-13(12)8-18(20)23-10-16-3-2-15(21)9-22-16;/h2-3,9,12-14,17H,4-7,11H2,1H3,(H,25,26);/q-2;+1/t12-,13-,14?,17?;/m0./s1. The number of hydrogen-bond acceptors (Lipinski definition) is 5. The second kappa shape index (κ2) is 11.1. The molecule has 1 saturated carbocycles. The summed E-state index contributed by atoms with van der Waals surface area (Å²) in [5.74, 6) is -2.06. The fourth-order valence-corrected chi connectivity index (χ4v) is 5.87. The van der Waals surface area contributed by atoms with E-state index in [0.717, 1.165) is 6.20 Å². The molecular formula is C19H21ClFKN3O4S-. The van der Waals surface area contributed by atoms with Crippen LogP contribution in [0.15, 0.2) is 28.5 Å². The Kier molecular flexibility index (Phi) is 9.63. The maximum Gasteiger partial charge on any atom is 1.00 e. The SMILES string of the molecule is C[C@H]1CN(S(=O)(=O)C2CC(C(=O)O)C2)CC[C@H]1[C-]=C(Cl)N=[C-]c1ccc(F)cn1.[K+]. The number of allylic oxidation sites excluding steroid dienone is 1. The molecule has 2 aliphatic rings. The molecule has 1 aromatic heterocycles. The van der Waals surface area contributed by atoms with Gasteiger partial charge in [-0.2, -0.15) is 22.7 Å². The van der Waals surface area contributed by atoms with Crippen LogP contribution < -0.4 is 51.4 Å². The molecule has 7 nitrogen and oxygen atoms in total. The third kappa shape index (κ3) is 6.41. The number of halogens is 2. The van der Waals surface area contributed by atoms with Crippen molar-refractivity contribution in [3.8, 4) is 0 Å². The third-order valence-corrected chi connectivity index (χ3v) is 7.87. The summed E-state index contributed by atoms with van der Waals surface area (Å²) in [6.07, 6.45) is 7.60. The van der Waals surface area contributed by atoms with Crippen LogP contribution in [0.3, 0.4) is 0 Å². The zero-order valence-corrected chi connectivity index (χ0v) is 21.5. The molecule has 1 aliphatic heterocycles. The van der Waals surface area contributed by atoms with Gasteiger partial charge in [0.15, 0.2) is 0 Å². The van der Waals surface area contributed by atoms with Gasteiger partial charge in [-0.3, -0.25) is 9.78 Å². The molecule has 2 atom stereocenters. The number of carbonyl (C=O) groups is 1. The second-order valence-corrected chi connectivity index (χ2v) is 10.00. The molecule has 0 amide bonds. The van der Waals surface area contributed by atoms with E-state index in [9.17, 15) is 17.6 Å². The van der Waals surface area contributed by atoms with E-state index < -0.39 is 33.0 Å². The van der Waals surface area contributed by atoms with Gasteiger partial charge in [0, 0.05) is 13.1 Å². The summed E-state index contributed by atoms with van der Waals surface area (Å²) >= 11 is 6.10. The fourth-order valence-electron chi connectivity index (χ4n) is 3.51. The number of aliphatic carboxylic acids is 1. The van der Waals surface area contributed by atoms with Gasteiger partial charge in [-0.05, 0) is 18.5 Å². The predicted octanol–water partition coefficient (Wildman–Crippen LogP) is -0.445. The van der Waals surface area contributed by atoms with Crippen LogP contribution in [0.25, 0.3) is 0 Å². The van der Waals surface area contributed by atoms with Gasteiger partial charge in [-0.25, -0.2) is 17.1 Å². The Hall–Kier alpha value is -0.204. The van der Waals surface area contributed by atoms with E-state index in [2.05, 4.69) is 22.3 Å². The van der Waals surface area contributed by atoms with Gasteiger partial charge in [0.25, 0.3) is 0 Å². The maximum atomic E-state index is 12.8. The van der Waals surface area contributed by atoms with E-state index >= 15 is 0 Å². The number of nitrogens with zero attached hydrogens (tertiary/aromatic N) is 3. The molecule has 0 unspecified atom stereocenters. The van der Waals surface area contributed by atoms with E-state index in [0.29, 0.717) is 25.2 Å². The minimum atomic E-state index is -3.50. The van der Waals surface area contributed by atoms with Crippen molar-refractivity contribution in [2.24, 2.45) is 22.7 Å². The van der Waals surface area contributed by atoms with Crippen LogP contribution in [0.2, 0.25) is 0 Å². The zero-order chi connectivity index (χ0) is 21.2. The monoisotopic (exact) mass is 480 g/mol. The van der Waals surface area contributed by atoms with Crippen LogP contribution in [0.5, 0.6) is 0 Å². The predicted molar refractivity (Wildman–Crippen MR) is 105 cm³/mol. The van der Waals surface area contributed by atoms with E-state index in [1.807, 2.05) is 6.92 Å². The Labute approximate surface area is 223 Å². The van der Waals surface area contributed by atoms with Crippen molar-refractivity contribution in [1.82, 2.24) is 9.29 Å². The molecule has 0 radical (unpaired) electrons. The Balaban J connectivity index is 0.00000320. The number of carboxylic acids is 1. The van der Waals surface area contributed by atoms with Gasteiger partial charge >= 0.3 is 57.4 Å². The van der Waals surface area contributed by atoms with Gasteiger partial charge < -0.3 is 16.2 Å². The Morgan fingerprint density at radius 3 is 2.67 bits per heavy atom. The van der Waals surface area contributed by atoms with Crippen LogP contribution in [0.1, 0.15) is 31.9 Å². The van der Waals surface area contributed by atoms with Crippen molar-refractivity contribution in [1.29, 1.82) is 0 Å². The summed E-state index contributed by atoms with van der Waals surface area (Å²) in [6.45, 7) is 2.57. The summed E-state index contributed by atoms with van der Waals surface area (Å²) in [6, 6.07) is 2.66. The first-order valence-corrected chi connectivity index (χ1v) is 11.1. The minimum Gasteiger partial charge on any atom is -0.526 e. The Bertz CT molecular complexity index is 920. The molecule has 30 heavy (non-hydrogen) atoms. The average Bonchev–Trinajstić information content (AvgIpc) is 2.61. The molecule has 0 aromatic carbocycles. The number of aromatic nitrogens is 1. The van der Waals surface area contributed by atoms with Crippen molar-refractivity contribution in [2.45, 2.75) is 31.4 Å². The summed E-state index contributed by atoms with van der Waals surface area (Å²) in [5, 5.41) is 8.43. The largest absolute Gasteiger partial charge is 1.00 e. The Morgan fingerprint density at radius 2 is 2.10 bits per heavy atom. The number of carboxylic acid groups (broad SMARTS) is 1. The van der Waals surface area contributed by atoms with Crippen LogP contribution in [-0.2, 0) is 14.8 Å². The van der Waals surface area contributed by atoms with Gasteiger partial charge in [0.05, 0.1) is 17.4 Å². The molecule has 1 aromatic rings. The van der Waals surface area contributed by atoms with Crippen LogP contribution in [0.4, 0.5) is 4.39 Å². The van der Waals surface area contributed by atoms with Crippen molar-refractivity contribution in [3.63, 3.8) is 0 Å². The normalized spacial score (nSPS) is 28.0. The molecule has 1 N–H and O–H groups in total. The number of aliphatic imine (C=N–C) groups is 1. The van der Waals surface area contributed by atoms with Crippen molar-refractivity contribution < 1.29 is 74.1 Å². The molecule has 1 saturated heterocycles. The minimum absolute atomic E-state index is 0. The summed E-state index contributed by atoms with van der Waals surface area (Å²) in [5.41, 5.74) is 0.334. The van der Waals surface area contributed by atoms with Crippen LogP contribution >= 0.6 is 11.6 Å². The van der Waals surface area contributed by atoms with Gasteiger partial charge in [-0.15, -0.1) is 6.07 Å². The number of piperidine rings is 1. The molecule has 11 heteroatoms. The van der Waals surface area contributed by atoms with E-state index in [-0.39, 0.29) is 81.2 Å². The zero-order valence-electron chi connectivity index (χ0n) is 16.8. The average molecular weight is 481 g/mol. The summed E-state index contributed by atoms with van der Waals surface area (Å²) in [4.78, 5) is 18.7. The van der Waals surface area contributed by atoms with E-state index in [1.54, 1.807) is 0 Å². The van der Waals surface area contributed by atoms with Crippen LogP contribution in [-0.4, -0.2) is 53.3 Å². The summed E-state index contributed by atoms with van der Waals surface area (Å²) in [7, 11) is -3.50. The number of hydrogen-bond donors (Lipinski definition) is 1. The maximum absolute atomic E-state index is 12.8. The first-order valence-electron chi connectivity index (χ1n) is 9.26. The van der Waals surface area contributed by atoms with Gasteiger partial charge in [0.1, 0.15) is 5.82 Å². The third-order valence-electron chi connectivity index (χ3n) is 5.39. The van der Waals surface area contributed by atoms with Crippen molar-refractivity contribution in [2.75, 3.05) is 13.1 Å². The van der Waals surface area contributed by atoms with Crippen LogP contribution in [0, 0.1) is 29.6 Å². The summed E-state index contributed by atoms with van der Waals surface area (Å²) < 4.78 is 39.7. The van der Waals surface area contributed by atoms with E-state index in [4.69, 9.17) is 16.7 Å². The molecule has 3 rings (SSSR count). The number of rotatable bonds is 6. The fraction of sp³-hybridized carbons (Fsp3) is 0.526. The molecular weight excluding hydrogens is 460 g/mol. The van der Waals surface area contributed by atoms with Crippen molar-refractivity contribution in [3.05, 3.63) is 41.1 Å². The smallest absolute Gasteiger partial charge is 0.526 e. The number of sulfonamides is 1. The quantitative estimate of drug-likeness (QED) is 0.257. The molecule has 0 spiro atoms. The van der Waals surface area contributed by atoms with Gasteiger partial charge in [0.2, 0.25) is 10.0 Å². The first kappa shape index (κ1) is 26.1. The second-order valence-electron chi connectivity index (χ2n) is 7.42. The molecule has 2 fully saturated rings. The topological polar surface area (TPSA) is 99.9 Å². The van der Waals surface area contributed by atoms with E-state index in [1.165, 1.54) is 16.4 Å². The molecule has 1 aliphatic carbocycles. The number of pyridine rings is 1. The molecule has 158 valence electrons. The molecule has 2 heterocycles. The first-order chi connectivity index (χ1) is 13.7.